The highest BCUT2D eigenvalue weighted by atomic mass is 16.5. The summed E-state index contributed by atoms with van der Waals surface area (Å²) in [4.78, 5) is 11.6. The molecule has 0 saturated carbocycles. The summed E-state index contributed by atoms with van der Waals surface area (Å²) in [5.41, 5.74) is 1.10. The van der Waals surface area contributed by atoms with E-state index in [9.17, 15) is 4.79 Å². The van der Waals surface area contributed by atoms with Gasteiger partial charge in [0.25, 0.3) is 5.91 Å². The van der Waals surface area contributed by atoms with Gasteiger partial charge < -0.3 is 20.1 Å². The number of benzene rings is 1. The fourth-order valence-corrected chi connectivity index (χ4v) is 1.66. The summed E-state index contributed by atoms with van der Waals surface area (Å²) in [5, 5.41) is 5.88. The molecule has 0 saturated heterocycles. The fourth-order valence-electron chi connectivity index (χ4n) is 1.66. The van der Waals surface area contributed by atoms with Gasteiger partial charge in [-0.05, 0) is 30.7 Å². The molecule has 20 heavy (non-hydrogen) atoms. The minimum atomic E-state index is -0.125. The van der Waals surface area contributed by atoms with Crippen molar-refractivity contribution in [1.82, 2.24) is 10.6 Å². The second-order valence-corrected chi connectivity index (χ2v) is 5.00. The third-order valence-electron chi connectivity index (χ3n) is 2.68. The van der Waals surface area contributed by atoms with Crippen molar-refractivity contribution in [3.63, 3.8) is 0 Å². The lowest BCUT2D eigenvalue weighted by molar-refractivity contribution is -0.123. The standard InChI is InChI=1S/C15H24N2O3/c1-11(2)8-17-15(18)10-20-13-6-5-12(9-16-3)7-14(13)19-4/h5-7,11,16H,8-10H2,1-4H3,(H,17,18). The average molecular weight is 280 g/mol. The van der Waals surface area contributed by atoms with Gasteiger partial charge in [-0.2, -0.15) is 0 Å². The van der Waals surface area contributed by atoms with E-state index >= 15 is 0 Å². The van der Waals surface area contributed by atoms with Crippen LogP contribution in [0.3, 0.4) is 0 Å². The van der Waals surface area contributed by atoms with Crippen molar-refractivity contribution < 1.29 is 14.3 Å². The van der Waals surface area contributed by atoms with E-state index in [0.717, 1.165) is 12.1 Å². The van der Waals surface area contributed by atoms with Gasteiger partial charge in [-0.1, -0.05) is 19.9 Å². The smallest absolute Gasteiger partial charge is 0.257 e. The molecule has 0 atom stereocenters. The second kappa shape index (κ2) is 8.43. The van der Waals surface area contributed by atoms with Gasteiger partial charge in [-0.3, -0.25) is 4.79 Å². The highest BCUT2D eigenvalue weighted by molar-refractivity contribution is 5.77. The molecule has 0 aliphatic heterocycles. The summed E-state index contributed by atoms with van der Waals surface area (Å²) < 4.78 is 10.8. The van der Waals surface area contributed by atoms with Crippen LogP contribution in [0.2, 0.25) is 0 Å². The van der Waals surface area contributed by atoms with Crippen LogP contribution < -0.4 is 20.1 Å². The van der Waals surface area contributed by atoms with Crippen LogP contribution in [0.15, 0.2) is 18.2 Å². The number of carbonyl (C=O) groups is 1. The van der Waals surface area contributed by atoms with Crippen molar-refractivity contribution in [2.24, 2.45) is 5.92 Å². The van der Waals surface area contributed by atoms with Gasteiger partial charge in [-0.25, -0.2) is 0 Å². The maximum absolute atomic E-state index is 11.6. The Labute approximate surface area is 120 Å². The zero-order valence-electron chi connectivity index (χ0n) is 12.7. The molecule has 0 unspecified atom stereocenters. The third-order valence-corrected chi connectivity index (χ3v) is 2.68. The predicted octanol–water partition coefficient (Wildman–Crippen LogP) is 1.57. The van der Waals surface area contributed by atoms with Crippen LogP contribution in [0.4, 0.5) is 0 Å². The lowest BCUT2D eigenvalue weighted by atomic mass is 10.2. The molecule has 0 aliphatic rings. The molecular weight excluding hydrogens is 256 g/mol. The van der Waals surface area contributed by atoms with Gasteiger partial charge in [0.1, 0.15) is 0 Å². The molecule has 5 nitrogen and oxygen atoms in total. The van der Waals surface area contributed by atoms with E-state index in [4.69, 9.17) is 9.47 Å². The quantitative estimate of drug-likeness (QED) is 0.759. The molecule has 1 aromatic rings. The van der Waals surface area contributed by atoms with E-state index in [1.165, 1.54) is 0 Å². The Kier molecular flexibility index (Phi) is 6.87. The van der Waals surface area contributed by atoms with Gasteiger partial charge in [0.15, 0.2) is 18.1 Å². The number of hydrogen-bond acceptors (Lipinski definition) is 4. The van der Waals surface area contributed by atoms with Crippen LogP contribution in [-0.2, 0) is 11.3 Å². The van der Waals surface area contributed by atoms with Crippen molar-refractivity contribution >= 4 is 5.91 Å². The normalized spacial score (nSPS) is 10.4. The molecule has 0 heterocycles. The number of carbonyl (C=O) groups excluding carboxylic acids is 1. The van der Waals surface area contributed by atoms with E-state index in [1.54, 1.807) is 7.11 Å². The zero-order valence-corrected chi connectivity index (χ0v) is 12.7. The summed E-state index contributed by atoms with van der Waals surface area (Å²) in [6.45, 7) is 5.50. The van der Waals surface area contributed by atoms with Gasteiger partial charge in [0.2, 0.25) is 0 Å². The van der Waals surface area contributed by atoms with E-state index in [2.05, 4.69) is 10.6 Å². The topological polar surface area (TPSA) is 59.6 Å². The van der Waals surface area contributed by atoms with Gasteiger partial charge in [0.05, 0.1) is 7.11 Å². The number of hydrogen-bond donors (Lipinski definition) is 2. The Morgan fingerprint density at radius 1 is 1.30 bits per heavy atom. The van der Waals surface area contributed by atoms with Crippen LogP contribution in [0.25, 0.3) is 0 Å². The van der Waals surface area contributed by atoms with Crippen molar-refractivity contribution in [3.8, 4) is 11.5 Å². The number of ether oxygens (including phenoxy) is 2. The maximum atomic E-state index is 11.6. The van der Waals surface area contributed by atoms with Crippen LogP contribution in [0.1, 0.15) is 19.4 Å². The van der Waals surface area contributed by atoms with E-state index < -0.39 is 0 Å². The van der Waals surface area contributed by atoms with E-state index in [0.29, 0.717) is 24.0 Å². The monoisotopic (exact) mass is 280 g/mol. The molecule has 0 aliphatic carbocycles. The Morgan fingerprint density at radius 3 is 2.65 bits per heavy atom. The van der Waals surface area contributed by atoms with Gasteiger partial charge >= 0.3 is 0 Å². The van der Waals surface area contributed by atoms with Crippen LogP contribution in [0.5, 0.6) is 11.5 Å². The predicted molar refractivity (Wildman–Crippen MR) is 79.1 cm³/mol. The first kappa shape index (κ1) is 16.3. The molecule has 2 N–H and O–H groups in total. The van der Waals surface area contributed by atoms with Crippen LogP contribution in [-0.4, -0.2) is 33.2 Å². The molecule has 1 rings (SSSR count). The zero-order chi connectivity index (χ0) is 15.0. The number of methoxy groups -OCH3 is 1. The molecule has 112 valence electrons. The molecule has 0 bridgehead atoms. The summed E-state index contributed by atoms with van der Waals surface area (Å²) in [5.74, 6) is 1.51. The third kappa shape index (κ3) is 5.48. The van der Waals surface area contributed by atoms with Crippen molar-refractivity contribution in [3.05, 3.63) is 23.8 Å². The summed E-state index contributed by atoms with van der Waals surface area (Å²) in [7, 11) is 3.47. The summed E-state index contributed by atoms with van der Waals surface area (Å²) >= 11 is 0. The van der Waals surface area contributed by atoms with Crippen LogP contribution in [0, 0.1) is 5.92 Å². The van der Waals surface area contributed by atoms with Crippen molar-refractivity contribution in [2.75, 3.05) is 27.3 Å². The lowest BCUT2D eigenvalue weighted by Crippen LogP contribution is -2.31. The first-order chi connectivity index (χ1) is 9.56. The molecule has 0 fully saturated rings. The van der Waals surface area contributed by atoms with E-state index in [1.807, 2.05) is 39.1 Å². The maximum Gasteiger partial charge on any atom is 0.257 e. The molecule has 5 heteroatoms. The Bertz CT molecular complexity index is 433. The second-order valence-electron chi connectivity index (χ2n) is 5.00. The average Bonchev–Trinajstić information content (AvgIpc) is 2.43. The van der Waals surface area contributed by atoms with E-state index in [-0.39, 0.29) is 12.5 Å². The molecular formula is C15H24N2O3. The summed E-state index contributed by atoms with van der Waals surface area (Å²) in [6.07, 6.45) is 0. The molecule has 0 aromatic heterocycles. The molecule has 0 spiro atoms. The minimum Gasteiger partial charge on any atom is -0.493 e. The number of rotatable bonds is 8. The molecule has 1 aromatic carbocycles. The highest BCUT2D eigenvalue weighted by Crippen LogP contribution is 2.27. The Morgan fingerprint density at radius 2 is 2.05 bits per heavy atom. The van der Waals surface area contributed by atoms with Crippen LogP contribution >= 0.6 is 0 Å². The largest absolute Gasteiger partial charge is 0.493 e. The highest BCUT2D eigenvalue weighted by Gasteiger charge is 2.08. The Hall–Kier alpha value is -1.75. The first-order valence-corrected chi connectivity index (χ1v) is 6.77. The van der Waals surface area contributed by atoms with Crippen molar-refractivity contribution in [2.45, 2.75) is 20.4 Å². The van der Waals surface area contributed by atoms with Gasteiger partial charge in [-0.15, -0.1) is 0 Å². The SMILES string of the molecule is CNCc1ccc(OCC(=O)NCC(C)C)c(OC)c1. The van der Waals surface area contributed by atoms with Gasteiger partial charge in [0, 0.05) is 13.1 Å². The fraction of sp³-hybridized carbons (Fsp3) is 0.533. The molecule has 0 radical (unpaired) electrons. The number of nitrogens with one attached hydrogen (secondary N) is 2. The number of amides is 1. The van der Waals surface area contributed by atoms with Crippen molar-refractivity contribution in [1.29, 1.82) is 0 Å². The first-order valence-electron chi connectivity index (χ1n) is 6.77. The molecule has 1 amide bonds. The minimum absolute atomic E-state index is 0.00550. The Balaban J connectivity index is 2.56. The summed E-state index contributed by atoms with van der Waals surface area (Å²) in [6, 6.07) is 5.67. The lowest BCUT2D eigenvalue weighted by Gasteiger charge is -2.13.